The van der Waals surface area contributed by atoms with Crippen LogP contribution in [0.15, 0.2) is 82.2 Å². The van der Waals surface area contributed by atoms with Crippen LogP contribution in [0.3, 0.4) is 0 Å². The van der Waals surface area contributed by atoms with Crippen molar-refractivity contribution in [3.05, 3.63) is 98.9 Å². The molecule has 0 aromatic heterocycles. The normalized spacial score (nSPS) is 14.6. The monoisotopic (exact) mass is 523 g/mol. The first-order chi connectivity index (χ1) is 16.0. The minimum absolute atomic E-state index is 0.173. The molecule has 2 amide bonds. The average Bonchev–Trinajstić information content (AvgIpc) is 3.08. The van der Waals surface area contributed by atoms with Gasteiger partial charge in [0.15, 0.2) is 11.5 Å². The van der Waals surface area contributed by atoms with Crippen LogP contribution >= 0.6 is 27.7 Å². The molecule has 4 rings (SSSR count). The number of imide groups is 1. The molecular formula is C25H18BrNO5S. The van der Waals surface area contributed by atoms with Crippen molar-refractivity contribution < 1.29 is 23.9 Å². The Hall–Kier alpha value is -3.36. The third kappa shape index (κ3) is 5.18. The van der Waals surface area contributed by atoms with Crippen LogP contribution in [-0.4, -0.2) is 29.1 Å². The van der Waals surface area contributed by atoms with Crippen LogP contribution in [0.1, 0.15) is 21.5 Å². The van der Waals surface area contributed by atoms with Crippen molar-refractivity contribution in [3.8, 4) is 11.5 Å². The van der Waals surface area contributed by atoms with Gasteiger partial charge in [0.05, 0.1) is 24.1 Å². The van der Waals surface area contributed by atoms with Gasteiger partial charge in [-0.15, -0.1) is 0 Å². The van der Waals surface area contributed by atoms with Crippen molar-refractivity contribution in [1.29, 1.82) is 0 Å². The molecule has 1 aliphatic heterocycles. The molecule has 8 heteroatoms. The molecule has 0 unspecified atom stereocenters. The second-order valence-corrected chi connectivity index (χ2v) is 8.87. The summed E-state index contributed by atoms with van der Waals surface area (Å²) in [6.45, 7) is 0.173. The van der Waals surface area contributed by atoms with Gasteiger partial charge in [0.1, 0.15) is 0 Å². The van der Waals surface area contributed by atoms with Crippen molar-refractivity contribution >= 4 is 50.9 Å². The lowest BCUT2D eigenvalue weighted by atomic mass is 10.1. The lowest BCUT2D eigenvalue weighted by molar-refractivity contribution is -0.123. The molecule has 1 heterocycles. The predicted octanol–water partition coefficient (Wildman–Crippen LogP) is 5.91. The highest BCUT2D eigenvalue weighted by molar-refractivity contribution is 9.10. The second-order valence-electron chi connectivity index (χ2n) is 7.03. The maximum Gasteiger partial charge on any atom is 0.343 e. The van der Waals surface area contributed by atoms with E-state index in [9.17, 15) is 14.4 Å². The Morgan fingerprint density at radius 2 is 1.73 bits per heavy atom. The number of rotatable bonds is 6. The molecular weight excluding hydrogens is 506 g/mol. The number of benzene rings is 3. The van der Waals surface area contributed by atoms with E-state index in [2.05, 4.69) is 15.9 Å². The molecule has 0 saturated carbocycles. The minimum Gasteiger partial charge on any atom is -0.493 e. The number of ether oxygens (including phenoxy) is 2. The first kappa shape index (κ1) is 22.8. The predicted molar refractivity (Wildman–Crippen MR) is 130 cm³/mol. The van der Waals surface area contributed by atoms with Gasteiger partial charge in [-0.2, -0.15) is 0 Å². The van der Waals surface area contributed by atoms with E-state index in [1.54, 1.807) is 48.5 Å². The highest BCUT2D eigenvalue weighted by Gasteiger charge is 2.35. The van der Waals surface area contributed by atoms with Gasteiger partial charge in [-0.05, 0) is 59.3 Å². The number of halogens is 1. The maximum atomic E-state index is 12.9. The highest BCUT2D eigenvalue weighted by Crippen LogP contribution is 2.36. The molecule has 0 atom stereocenters. The van der Waals surface area contributed by atoms with Crippen molar-refractivity contribution in [2.24, 2.45) is 0 Å². The molecule has 3 aromatic carbocycles. The number of carbonyl (C=O) groups is 3. The standard InChI is InChI=1S/C25H18BrNO5S/c1-31-20-12-11-16(13-21(20)32-24(29)17-7-3-2-4-8-17)14-22-23(28)27(25(30)33-22)15-18-9-5-6-10-19(18)26/h2-14H,15H2,1H3/b22-14-. The molecule has 0 spiro atoms. The van der Waals surface area contributed by atoms with Crippen LogP contribution in [0.25, 0.3) is 6.08 Å². The third-order valence-electron chi connectivity index (χ3n) is 4.86. The summed E-state index contributed by atoms with van der Waals surface area (Å²) in [5.74, 6) is -0.315. The van der Waals surface area contributed by atoms with Gasteiger partial charge in [0.2, 0.25) is 0 Å². The fourth-order valence-electron chi connectivity index (χ4n) is 3.18. The Labute approximate surface area is 203 Å². The molecule has 0 radical (unpaired) electrons. The van der Waals surface area contributed by atoms with E-state index in [-0.39, 0.29) is 28.3 Å². The fourth-order valence-corrected chi connectivity index (χ4v) is 4.43. The van der Waals surface area contributed by atoms with Gasteiger partial charge < -0.3 is 9.47 Å². The van der Waals surface area contributed by atoms with Crippen LogP contribution in [0, 0.1) is 0 Å². The maximum absolute atomic E-state index is 12.9. The van der Waals surface area contributed by atoms with Crippen LogP contribution in [-0.2, 0) is 11.3 Å². The topological polar surface area (TPSA) is 72.9 Å². The largest absolute Gasteiger partial charge is 0.493 e. The summed E-state index contributed by atoms with van der Waals surface area (Å²) in [6.07, 6.45) is 1.60. The number of esters is 1. The highest BCUT2D eigenvalue weighted by atomic mass is 79.9. The van der Waals surface area contributed by atoms with E-state index >= 15 is 0 Å². The zero-order valence-corrected chi connectivity index (χ0v) is 19.9. The third-order valence-corrected chi connectivity index (χ3v) is 6.54. The Morgan fingerprint density at radius 3 is 2.45 bits per heavy atom. The first-order valence-corrected chi connectivity index (χ1v) is 11.5. The van der Waals surface area contributed by atoms with Crippen molar-refractivity contribution in [2.45, 2.75) is 6.54 Å². The van der Waals surface area contributed by atoms with E-state index in [1.165, 1.54) is 12.0 Å². The lowest BCUT2D eigenvalue weighted by Gasteiger charge is -2.13. The van der Waals surface area contributed by atoms with E-state index in [4.69, 9.17) is 9.47 Å². The van der Waals surface area contributed by atoms with Crippen LogP contribution < -0.4 is 9.47 Å². The molecule has 33 heavy (non-hydrogen) atoms. The fraction of sp³-hybridized carbons (Fsp3) is 0.0800. The van der Waals surface area contributed by atoms with Crippen molar-refractivity contribution in [1.82, 2.24) is 4.90 Å². The smallest absolute Gasteiger partial charge is 0.343 e. The zero-order chi connectivity index (χ0) is 23.4. The quantitative estimate of drug-likeness (QED) is 0.227. The average molecular weight is 524 g/mol. The van der Waals surface area contributed by atoms with Crippen LogP contribution in [0.5, 0.6) is 11.5 Å². The Morgan fingerprint density at radius 1 is 1.00 bits per heavy atom. The molecule has 166 valence electrons. The summed E-state index contributed by atoms with van der Waals surface area (Å²) >= 11 is 4.32. The number of carbonyl (C=O) groups excluding carboxylic acids is 3. The van der Waals surface area contributed by atoms with Crippen LogP contribution in [0.2, 0.25) is 0 Å². The SMILES string of the molecule is COc1ccc(/C=C2\SC(=O)N(Cc3ccccc3Br)C2=O)cc1OC(=O)c1ccccc1. The van der Waals surface area contributed by atoms with E-state index < -0.39 is 5.97 Å². The lowest BCUT2D eigenvalue weighted by Crippen LogP contribution is -2.27. The van der Waals surface area contributed by atoms with Gasteiger partial charge in [-0.3, -0.25) is 14.5 Å². The Kier molecular flexibility index (Phi) is 6.96. The molecule has 0 N–H and O–H groups in total. The van der Waals surface area contributed by atoms with Gasteiger partial charge in [0.25, 0.3) is 11.1 Å². The summed E-state index contributed by atoms with van der Waals surface area (Å²) in [7, 11) is 1.47. The second kappa shape index (κ2) is 10.1. The summed E-state index contributed by atoms with van der Waals surface area (Å²) in [4.78, 5) is 39.4. The number of hydrogen-bond donors (Lipinski definition) is 0. The zero-order valence-electron chi connectivity index (χ0n) is 17.5. The van der Waals surface area contributed by atoms with Gasteiger partial charge >= 0.3 is 5.97 Å². The summed E-state index contributed by atoms with van der Waals surface area (Å²) in [6, 6.07) is 21.0. The minimum atomic E-state index is -0.528. The summed E-state index contributed by atoms with van der Waals surface area (Å²) in [5, 5.41) is -0.341. The van der Waals surface area contributed by atoms with E-state index in [0.717, 1.165) is 21.8 Å². The van der Waals surface area contributed by atoms with Crippen LogP contribution in [0.4, 0.5) is 4.79 Å². The van der Waals surface area contributed by atoms with Gasteiger partial charge in [0, 0.05) is 4.47 Å². The van der Waals surface area contributed by atoms with E-state index in [0.29, 0.717) is 16.9 Å². The van der Waals surface area contributed by atoms with Gasteiger partial charge in [-0.1, -0.05) is 58.4 Å². The van der Waals surface area contributed by atoms with Crippen molar-refractivity contribution in [3.63, 3.8) is 0 Å². The number of nitrogens with zero attached hydrogens (tertiary/aromatic N) is 1. The van der Waals surface area contributed by atoms with Crippen molar-refractivity contribution in [2.75, 3.05) is 7.11 Å². The molecule has 3 aromatic rings. The molecule has 1 aliphatic rings. The Balaban J connectivity index is 1.56. The van der Waals surface area contributed by atoms with E-state index in [1.807, 2.05) is 30.3 Å². The molecule has 0 aliphatic carbocycles. The molecule has 6 nitrogen and oxygen atoms in total. The number of methoxy groups -OCH3 is 1. The number of amides is 2. The molecule has 0 bridgehead atoms. The number of hydrogen-bond acceptors (Lipinski definition) is 6. The van der Waals surface area contributed by atoms with Gasteiger partial charge in [-0.25, -0.2) is 4.79 Å². The number of thioether (sulfide) groups is 1. The first-order valence-electron chi connectivity index (χ1n) is 9.90. The summed E-state index contributed by atoms with van der Waals surface area (Å²) < 4.78 is 11.7. The molecule has 1 fully saturated rings. The Bertz CT molecular complexity index is 1260. The summed E-state index contributed by atoms with van der Waals surface area (Å²) in [5.41, 5.74) is 1.83. The molecule has 1 saturated heterocycles.